The summed E-state index contributed by atoms with van der Waals surface area (Å²) in [5.41, 5.74) is 3.59. The molecule has 4 aromatic rings. The Morgan fingerprint density at radius 2 is 1.96 bits per heavy atom. The van der Waals surface area contributed by atoms with E-state index in [2.05, 4.69) is 15.1 Å². The third kappa shape index (κ3) is 3.05. The van der Waals surface area contributed by atoms with Gasteiger partial charge in [-0.1, -0.05) is 12.1 Å². The molecule has 7 heteroatoms. The Kier molecular flexibility index (Phi) is 4.12. The number of nitrogens with zero attached hydrogens (tertiary/aromatic N) is 5. The maximum atomic E-state index is 13.0. The number of imidazole rings is 1. The van der Waals surface area contributed by atoms with Crippen molar-refractivity contribution in [1.29, 1.82) is 0 Å². The smallest absolute Gasteiger partial charge is 0.253 e. The van der Waals surface area contributed by atoms with Crippen molar-refractivity contribution in [3.8, 4) is 5.69 Å². The highest BCUT2D eigenvalue weighted by Gasteiger charge is 2.27. The van der Waals surface area contributed by atoms with Gasteiger partial charge in [-0.05, 0) is 49.2 Å². The quantitative estimate of drug-likeness (QED) is 0.599. The van der Waals surface area contributed by atoms with Crippen LogP contribution >= 0.6 is 0 Å². The minimum atomic E-state index is 0.0611. The number of aromatic nitrogens is 5. The molecule has 0 bridgehead atoms. The van der Waals surface area contributed by atoms with E-state index in [1.54, 1.807) is 11.0 Å². The van der Waals surface area contributed by atoms with Gasteiger partial charge in [-0.3, -0.25) is 4.79 Å². The van der Waals surface area contributed by atoms with E-state index < -0.39 is 0 Å². The van der Waals surface area contributed by atoms with Crippen LogP contribution < -0.4 is 0 Å². The zero-order valence-corrected chi connectivity index (χ0v) is 15.3. The lowest BCUT2D eigenvalue weighted by atomic mass is 9.96. The van der Waals surface area contributed by atoms with Crippen molar-refractivity contribution in [1.82, 2.24) is 29.6 Å². The van der Waals surface area contributed by atoms with E-state index >= 15 is 0 Å². The number of carbonyl (C=O) groups is 1. The SMILES string of the molecule is O=C(c1ccc(-n2cncn2)cc1)N1CCC[C@H](c2nc3ccccc3[nH]2)C1. The van der Waals surface area contributed by atoms with Gasteiger partial charge in [-0.2, -0.15) is 5.10 Å². The van der Waals surface area contributed by atoms with E-state index in [4.69, 9.17) is 4.98 Å². The van der Waals surface area contributed by atoms with Crippen molar-refractivity contribution in [2.24, 2.45) is 0 Å². The molecule has 7 nitrogen and oxygen atoms in total. The fourth-order valence-corrected chi connectivity index (χ4v) is 3.83. The summed E-state index contributed by atoms with van der Waals surface area (Å²) in [6, 6.07) is 15.5. The van der Waals surface area contributed by atoms with Crippen LogP contribution in [-0.4, -0.2) is 48.6 Å². The number of hydrogen-bond donors (Lipinski definition) is 1. The van der Waals surface area contributed by atoms with Gasteiger partial charge in [0.15, 0.2) is 0 Å². The van der Waals surface area contributed by atoms with Crippen LogP contribution in [-0.2, 0) is 0 Å². The van der Waals surface area contributed by atoms with Crippen LogP contribution in [0.3, 0.4) is 0 Å². The largest absolute Gasteiger partial charge is 0.342 e. The van der Waals surface area contributed by atoms with Crippen molar-refractivity contribution in [3.63, 3.8) is 0 Å². The molecular weight excluding hydrogens is 352 g/mol. The molecule has 1 amide bonds. The van der Waals surface area contributed by atoms with Crippen LogP contribution in [0.5, 0.6) is 0 Å². The highest BCUT2D eigenvalue weighted by atomic mass is 16.2. The highest BCUT2D eigenvalue weighted by Crippen LogP contribution is 2.27. The number of aromatic amines is 1. The number of para-hydroxylation sites is 2. The molecule has 5 rings (SSSR count). The Morgan fingerprint density at radius 3 is 2.75 bits per heavy atom. The number of likely N-dealkylation sites (tertiary alicyclic amines) is 1. The van der Waals surface area contributed by atoms with Crippen molar-refractivity contribution >= 4 is 16.9 Å². The first-order valence-electron chi connectivity index (χ1n) is 9.47. The maximum absolute atomic E-state index is 13.0. The molecule has 0 saturated carbocycles. The van der Waals surface area contributed by atoms with Crippen molar-refractivity contribution in [2.75, 3.05) is 13.1 Å². The molecule has 140 valence electrons. The average molecular weight is 372 g/mol. The Bertz CT molecular complexity index is 1070. The summed E-state index contributed by atoms with van der Waals surface area (Å²) in [4.78, 5) is 27.1. The van der Waals surface area contributed by atoms with Gasteiger partial charge in [0.25, 0.3) is 5.91 Å². The van der Waals surface area contributed by atoms with Gasteiger partial charge in [-0.15, -0.1) is 0 Å². The number of amides is 1. The van der Waals surface area contributed by atoms with Crippen LogP contribution in [0.2, 0.25) is 0 Å². The highest BCUT2D eigenvalue weighted by molar-refractivity contribution is 5.94. The molecule has 1 aliphatic rings. The summed E-state index contributed by atoms with van der Waals surface area (Å²) < 4.78 is 1.67. The third-order valence-corrected chi connectivity index (χ3v) is 5.30. The van der Waals surface area contributed by atoms with Crippen LogP contribution in [0, 0.1) is 0 Å². The fourth-order valence-electron chi connectivity index (χ4n) is 3.83. The fraction of sp³-hybridized carbons (Fsp3) is 0.238. The minimum Gasteiger partial charge on any atom is -0.342 e. The first kappa shape index (κ1) is 16.7. The van der Waals surface area contributed by atoms with Crippen LogP contribution in [0.15, 0.2) is 61.2 Å². The summed E-state index contributed by atoms with van der Waals surface area (Å²) in [5.74, 6) is 1.27. The molecule has 1 N–H and O–H groups in total. The van der Waals surface area contributed by atoms with Crippen molar-refractivity contribution in [2.45, 2.75) is 18.8 Å². The number of nitrogens with one attached hydrogen (secondary N) is 1. The summed E-state index contributed by atoms with van der Waals surface area (Å²) in [6.07, 6.45) is 5.14. The van der Waals surface area contributed by atoms with Gasteiger partial charge in [0.05, 0.1) is 16.7 Å². The van der Waals surface area contributed by atoms with Crippen molar-refractivity contribution in [3.05, 3.63) is 72.6 Å². The topological polar surface area (TPSA) is 79.7 Å². The van der Waals surface area contributed by atoms with E-state index in [0.717, 1.165) is 41.9 Å². The normalized spacial score (nSPS) is 17.1. The lowest BCUT2D eigenvalue weighted by Crippen LogP contribution is -2.39. The molecular formula is C21H20N6O. The molecule has 1 atom stereocenters. The number of piperidine rings is 1. The minimum absolute atomic E-state index is 0.0611. The second-order valence-corrected chi connectivity index (χ2v) is 7.12. The second kappa shape index (κ2) is 6.92. The van der Waals surface area contributed by atoms with E-state index in [0.29, 0.717) is 12.1 Å². The molecule has 0 spiro atoms. The molecule has 1 aliphatic heterocycles. The number of benzene rings is 2. The summed E-state index contributed by atoms with van der Waals surface area (Å²) in [6.45, 7) is 1.46. The molecule has 0 aliphatic carbocycles. The number of fused-ring (bicyclic) bond motifs is 1. The number of H-pyrrole nitrogens is 1. The number of rotatable bonds is 3. The van der Waals surface area contributed by atoms with Crippen LogP contribution in [0.25, 0.3) is 16.7 Å². The van der Waals surface area contributed by atoms with Gasteiger partial charge in [0.1, 0.15) is 18.5 Å². The molecule has 0 unspecified atom stereocenters. The molecule has 2 aromatic heterocycles. The van der Waals surface area contributed by atoms with E-state index in [-0.39, 0.29) is 11.8 Å². The number of carbonyl (C=O) groups excluding carboxylic acids is 1. The lowest BCUT2D eigenvalue weighted by molar-refractivity contribution is 0.0705. The standard InChI is InChI=1S/C21H20N6O/c28-21(15-7-9-17(10-8-15)27-14-22-13-23-27)26-11-3-4-16(12-26)20-24-18-5-1-2-6-19(18)25-20/h1-2,5-10,13-14,16H,3-4,11-12H2,(H,24,25)/t16-/m0/s1. The predicted molar refractivity (Wildman–Crippen MR) is 105 cm³/mol. The molecule has 2 aromatic carbocycles. The Hall–Kier alpha value is -3.48. The van der Waals surface area contributed by atoms with Gasteiger partial charge >= 0.3 is 0 Å². The lowest BCUT2D eigenvalue weighted by Gasteiger charge is -2.32. The molecule has 1 fully saturated rings. The summed E-state index contributed by atoms with van der Waals surface area (Å²) >= 11 is 0. The predicted octanol–water partition coefficient (Wildman–Crippen LogP) is 3.16. The van der Waals surface area contributed by atoms with E-state index in [1.165, 1.54) is 6.33 Å². The van der Waals surface area contributed by atoms with Gasteiger partial charge in [-0.25, -0.2) is 14.6 Å². The monoisotopic (exact) mass is 372 g/mol. The molecule has 28 heavy (non-hydrogen) atoms. The second-order valence-electron chi connectivity index (χ2n) is 7.12. The number of hydrogen-bond acceptors (Lipinski definition) is 4. The van der Waals surface area contributed by atoms with E-state index in [9.17, 15) is 4.79 Å². The Labute approximate surface area is 162 Å². The first-order chi connectivity index (χ1) is 13.8. The van der Waals surface area contributed by atoms with Crippen LogP contribution in [0.4, 0.5) is 0 Å². The molecule has 0 radical (unpaired) electrons. The van der Waals surface area contributed by atoms with Gasteiger partial charge in [0.2, 0.25) is 0 Å². The zero-order chi connectivity index (χ0) is 18.9. The maximum Gasteiger partial charge on any atom is 0.253 e. The third-order valence-electron chi connectivity index (χ3n) is 5.30. The summed E-state index contributed by atoms with van der Waals surface area (Å²) in [5, 5.41) is 4.11. The van der Waals surface area contributed by atoms with Gasteiger partial charge in [0, 0.05) is 24.6 Å². The van der Waals surface area contributed by atoms with Gasteiger partial charge < -0.3 is 9.88 Å². The van der Waals surface area contributed by atoms with E-state index in [1.807, 2.05) is 53.4 Å². The average Bonchev–Trinajstić information content (AvgIpc) is 3.43. The Morgan fingerprint density at radius 1 is 1.11 bits per heavy atom. The first-order valence-corrected chi connectivity index (χ1v) is 9.47. The summed E-state index contributed by atoms with van der Waals surface area (Å²) in [7, 11) is 0. The van der Waals surface area contributed by atoms with Crippen LogP contribution in [0.1, 0.15) is 34.9 Å². The molecule has 3 heterocycles. The molecule has 1 saturated heterocycles. The zero-order valence-electron chi connectivity index (χ0n) is 15.3. The van der Waals surface area contributed by atoms with Crippen molar-refractivity contribution < 1.29 is 4.79 Å². The Balaban J connectivity index is 1.33.